The molecule has 2 amide bonds. The third kappa shape index (κ3) is 7.85. The number of amides is 2. The third-order valence-corrected chi connectivity index (χ3v) is 5.22. The first kappa shape index (κ1) is 28.2. The molecule has 0 aliphatic heterocycles. The maximum Gasteiger partial charge on any atom is 0.573 e. The van der Waals surface area contributed by atoms with Crippen molar-refractivity contribution in [1.82, 2.24) is 25.2 Å². The number of rotatable bonds is 8. The molecule has 10 nitrogen and oxygen atoms in total. The standard InChI is InChI=1S/C27H27F3N6O4/c1-26(2,3)40-25(38)32-14-13-31-23(37)17-9-11-19(12-10-17)33-24-34-22-21(8-5-15-36(22)35-24)18-6-4-7-20(16-18)39-27(28,29)30/h4-12,15-16H,13-14H2,1-3H3,(H,31,37)(H,32,38)(H,33,35). The van der Waals surface area contributed by atoms with Crippen molar-refractivity contribution in [3.63, 3.8) is 0 Å². The normalized spacial score (nSPS) is 11.7. The summed E-state index contributed by atoms with van der Waals surface area (Å²) < 4.78 is 48.6. The quantitative estimate of drug-likeness (QED) is 0.252. The van der Waals surface area contributed by atoms with Gasteiger partial charge in [0.05, 0.1) is 0 Å². The number of nitrogens with zero attached hydrogens (tertiary/aromatic N) is 3. The molecule has 0 bridgehead atoms. The molecule has 4 aromatic rings. The fourth-order valence-corrected chi connectivity index (χ4v) is 3.64. The second-order valence-corrected chi connectivity index (χ2v) is 9.59. The molecule has 0 aliphatic rings. The Labute approximate surface area is 227 Å². The zero-order valence-corrected chi connectivity index (χ0v) is 21.9. The summed E-state index contributed by atoms with van der Waals surface area (Å²) in [6.45, 7) is 5.71. The van der Waals surface area contributed by atoms with Crippen molar-refractivity contribution in [2.24, 2.45) is 0 Å². The highest BCUT2D eigenvalue weighted by molar-refractivity contribution is 5.94. The topological polar surface area (TPSA) is 119 Å². The van der Waals surface area contributed by atoms with E-state index in [1.165, 1.54) is 22.7 Å². The zero-order chi connectivity index (χ0) is 28.9. The van der Waals surface area contributed by atoms with Gasteiger partial charge in [-0.2, -0.15) is 4.98 Å². The fourth-order valence-electron chi connectivity index (χ4n) is 3.64. The summed E-state index contributed by atoms with van der Waals surface area (Å²) in [4.78, 5) is 28.5. The molecule has 210 valence electrons. The van der Waals surface area contributed by atoms with Crippen LogP contribution >= 0.6 is 0 Å². The Kier molecular flexibility index (Phi) is 8.12. The molecule has 3 N–H and O–H groups in total. The second kappa shape index (κ2) is 11.5. The van der Waals surface area contributed by atoms with Crippen LogP contribution in [-0.4, -0.2) is 51.7 Å². The molecule has 4 rings (SSSR count). The van der Waals surface area contributed by atoms with E-state index in [0.717, 1.165) is 0 Å². The number of anilines is 2. The van der Waals surface area contributed by atoms with Crippen molar-refractivity contribution in [3.8, 4) is 16.9 Å². The van der Waals surface area contributed by atoms with Crippen molar-refractivity contribution >= 4 is 29.3 Å². The molecule has 0 atom stereocenters. The Morgan fingerprint density at radius 1 is 0.950 bits per heavy atom. The number of benzene rings is 2. The molecule has 0 spiro atoms. The second-order valence-electron chi connectivity index (χ2n) is 9.59. The van der Waals surface area contributed by atoms with E-state index in [4.69, 9.17) is 4.74 Å². The van der Waals surface area contributed by atoms with Crippen molar-refractivity contribution in [3.05, 3.63) is 72.4 Å². The number of aromatic nitrogens is 3. The number of pyridine rings is 1. The number of nitrogens with one attached hydrogen (secondary N) is 3. The van der Waals surface area contributed by atoms with Gasteiger partial charge >= 0.3 is 12.5 Å². The minimum atomic E-state index is -4.80. The van der Waals surface area contributed by atoms with Crippen molar-refractivity contribution in [2.45, 2.75) is 32.7 Å². The number of halogens is 3. The maximum absolute atomic E-state index is 12.7. The predicted molar refractivity (Wildman–Crippen MR) is 141 cm³/mol. The number of hydrogen-bond donors (Lipinski definition) is 3. The zero-order valence-electron chi connectivity index (χ0n) is 21.9. The lowest BCUT2D eigenvalue weighted by molar-refractivity contribution is -0.274. The highest BCUT2D eigenvalue weighted by Crippen LogP contribution is 2.30. The van der Waals surface area contributed by atoms with Crippen LogP contribution in [0.4, 0.5) is 29.6 Å². The van der Waals surface area contributed by atoms with Crippen LogP contribution in [0, 0.1) is 0 Å². The van der Waals surface area contributed by atoms with Gasteiger partial charge in [0.1, 0.15) is 11.4 Å². The molecule has 2 aromatic carbocycles. The van der Waals surface area contributed by atoms with Crippen LogP contribution in [0.5, 0.6) is 5.75 Å². The first-order chi connectivity index (χ1) is 18.9. The minimum Gasteiger partial charge on any atom is -0.444 e. The first-order valence-electron chi connectivity index (χ1n) is 12.2. The molecule has 2 aromatic heterocycles. The number of ether oxygens (including phenoxy) is 2. The molecular formula is C27H27F3N6O4. The van der Waals surface area contributed by atoms with E-state index in [1.807, 2.05) is 0 Å². The van der Waals surface area contributed by atoms with Crippen molar-refractivity contribution in [1.29, 1.82) is 0 Å². The van der Waals surface area contributed by atoms with Gasteiger partial charge in [0, 0.05) is 36.1 Å². The Morgan fingerprint density at radius 2 is 1.68 bits per heavy atom. The molecule has 2 heterocycles. The lowest BCUT2D eigenvalue weighted by Crippen LogP contribution is -2.37. The summed E-state index contributed by atoms with van der Waals surface area (Å²) in [5.74, 6) is -0.404. The van der Waals surface area contributed by atoms with Gasteiger partial charge in [0.2, 0.25) is 5.95 Å². The van der Waals surface area contributed by atoms with Gasteiger partial charge in [-0.3, -0.25) is 4.79 Å². The highest BCUT2D eigenvalue weighted by Gasteiger charge is 2.31. The van der Waals surface area contributed by atoms with E-state index in [2.05, 4.69) is 30.8 Å². The predicted octanol–water partition coefficient (Wildman–Crippen LogP) is 5.29. The van der Waals surface area contributed by atoms with E-state index >= 15 is 0 Å². The van der Waals surface area contributed by atoms with E-state index in [9.17, 15) is 22.8 Å². The maximum atomic E-state index is 12.7. The minimum absolute atomic E-state index is 0.210. The first-order valence-corrected chi connectivity index (χ1v) is 12.2. The summed E-state index contributed by atoms with van der Waals surface area (Å²) in [5.41, 5.74) is 1.87. The van der Waals surface area contributed by atoms with Crippen LogP contribution in [0.1, 0.15) is 31.1 Å². The average Bonchev–Trinajstić information content (AvgIpc) is 3.27. The Bertz CT molecular complexity index is 1500. The van der Waals surface area contributed by atoms with Crippen molar-refractivity contribution < 1.29 is 32.2 Å². The number of alkyl carbamates (subject to hydrolysis) is 1. The third-order valence-electron chi connectivity index (χ3n) is 5.22. The SMILES string of the molecule is CC(C)(C)OC(=O)NCCNC(=O)c1ccc(Nc2nc3c(-c4cccc(OC(F)(F)F)c4)cccn3n2)cc1. The number of fused-ring (bicyclic) bond motifs is 1. The molecule has 0 saturated heterocycles. The average molecular weight is 557 g/mol. The van der Waals surface area contributed by atoms with Gasteiger partial charge in [-0.1, -0.05) is 12.1 Å². The molecule has 13 heteroatoms. The van der Waals surface area contributed by atoms with Gasteiger partial charge in [0.25, 0.3) is 5.91 Å². The van der Waals surface area contributed by atoms with Crippen LogP contribution in [0.2, 0.25) is 0 Å². The van der Waals surface area contributed by atoms with Crippen LogP contribution in [-0.2, 0) is 4.74 Å². The van der Waals surface area contributed by atoms with Gasteiger partial charge < -0.3 is 25.4 Å². The molecular weight excluding hydrogens is 529 g/mol. The highest BCUT2D eigenvalue weighted by atomic mass is 19.4. The number of carbonyl (C=O) groups is 2. The summed E-state index contributed by atoms with van der Waals surface area (Å²) in [5, 5.41) is 12.7. The van der Waals surface area contributed by atoms with Gasteiger partial charge in [0.15, 0.2) is 5.65 Å². The smallest absolute Gasteiger partial charge is 0.444 e. The monoisotopic (exact) mass is 556 g/mol. The van der Waals surface area contributed by atoms with Crippen molar-refractivity contribution in [2.75, 3.05) is 18.4 Å². The molecule has 40 heavy (non-hydrogen) atoms. The summed E-state index contributed by atoms with van der Waals surface area (Å²) in [6, 6.07) is 15.6. The van der Waals surface area contributed by atoms with E-state index in [1.54, 1.807) is 69.4 Å². The Balaban J connectivity index is 1.38. The van der Waals surface area contributed by atoms with E-state index in [0.29, 0.717) is 28.0 Å². The van der Waals surface area contributed by atoms with Crippen LogP contribution in [0.15, 0.2) is 66.9 Å². The summed E-state index contributed by atoms with van der Waals surface area (Å²) in [6.07, 6.45) is -3.70. The van der Waals surface area contributed by atoms with Crippen LogP contribution in [0.3, 0.4) is 0 Å². The number of hydrogen-bond acceptors (Lipinski definition) is 7. The Morgan fingerprint density at radius 3 is 2.38 bits per heavy atom. The molecule has 0 saturated carbocycles. The summed E-state index contributed by atoms with van der Waals surface area (Å²) in [7, 11) is 0. The van der Waals surface area contributed by atoms with Crippen LogP contribution < -0.4 is 20.7 Å². The molecule has 0 unspecified atom stereocenters. The Hall–Kier alpha value is -4.81. The van der Waals surface area contributed by atoms with Gasteiger partial charge in [-0.15, -0.1) is 18.3 Å². The van der Waals surface area contributed by atoms with Crippen LogP contribution in [0.25, 0.3) is 16.8 Å². The van der Waals surface area contributed by atoms with Gasteiger partial charge in [-0.25, -0.2) is 9.31 Å². The lowest BCUT2D eigenvalue weighted by atomic mass is 10.1. The fraction of sp³-hybridized carbons (Fsp3) is 0.259. The van der Waals surface area contributed by atoms with Gasteiger partial charge in [-0.05, 0) is 74.9 Å². The molecule has 0 radical (unpaired) electrons. The number of alkyl halides is 3. The van der Waals surface area contributed by atoms with E-state index in [-0.39, 0.29) is 30.7 Å². The molecule has 0 aliphatic carbocycles. The lowest BCUT2D eigenvalue weighted by Gasteiger charge is -2.19. The van der Waals surface area contributed by atoms with E-state index < -0.39 is 18.1 Å². The largest absolute Gasteiger partial charge is 0.573 e. The molecule has 0 fully saturated rings. The summed E-state index contributed by atoms with van der Waals surface area (Å²) >= 11 is 0. The number of carbonyl (C=O) groups excluding carboxylic acids is 2.